The van der Waals surface area contributed by atoms with Crippen LogP contribution in [0.15, 0.2) is 0 Å². The molecule has 1 aliphatic heterocycles. The van der Waals surface area contributed by atoms with Crippen LogP contribution in [0.25, 0.3) is 0 Å². The SMILES string of the molecule is CC(CC(N)=S)N1CCC2CCCCC21. The van der Waals surface area contributed by atoms with E-state index in [-0.39, 0.29) is 0 Å². The fraction of sp³-hybridized carbons (Fsp3) is 0.917. The van der Waals surface area contributed by atoms with Crippen LogP contribution < -0.4 is 5.73 Å². The summed E-state index contributed by atoms with van der Waals surface area (Å²) in [5.74, 6) is 0.965. The molecule has 86 valence electrons. The third kappa shape index (κ3) is 2.51. The fourth-order valence-electron chi connectivity index (χ4n) is 3.40. The molecule has 0 aromatic heterocycles. The summed E-state index contributed by atoms with van der Waals surface area (Å²) in [6, 6.07) is 1.39. The Bertz CT molecular complexity index is 242. The number of rotatable bonds is 3. The topological polar surface area (TPSA) is 29.3 Å². The molecule has 2 fully saturated rings. The van der Waals surface area contributed by atoms with Crippen molar-refractivity contribution in [2.45, 2.75) is 57.5 Å². The first-order chi connectivity index (χ1) is 7.18. The molecule has 2 aliphatic rings. The van der Waals surface area contributed by atoms with E-state index in [9.17, 15) is 0 Å². The zero-order chi connectivity index (χ0) is 10.8. The minimum atomic E-state index is 0.551. The third-order valence-electron chi connectivity index (χ3n) is 4.12. The predicted molar refractivity (Wildman–Crippen MR) is 67.9 cm³/mol. The van der Waals surface area contributed by atoms with Crippen molar-refractivity contribution in [3.05, 3.63) is 0 Å². The lowest BCUT2D eigenvalue weighted by Gasteiger charge is -2.35. The van der Waals surface area contributed by atoms with Gasteiger partial charge >= 0.3 is 0 Å². The molecule has 1 heterocycles. The molecule has 1 saturated carbocycles. The van der Waals surface area contributed by atoms with Crippen molar-refractivity contribution < 1.29 is 0 Å². The highest BCUT2D eigenvalue weighted by molar-refractivity contribution is 7.80. The summed E-state index contributed by atoms with van der Waals surface area (Å²) in [5, 5.41) is 0. The molecule has 0 radical (unpaired) electrons. The standard InChI is InChI=1S/C12H22N2S/c1-9(8-12(13)15)14-7-6-10-4-2-3-5-11(10)14/h9-11H,2-8H2,1H3,(H2,13,15). The molecule has 1 aliphatic carbocycles. The molecule has 3 atom stereocenters. The maximum atomic E-state index is 5.63. The lowest BCUT2D eigenvalue weighted by Crippen LogP contribution is -2.42. The molecule has 0 amide bonds. The van der Waals surface area contributed by atoms with Gasteiger partial charge in [0.05, 0.1) is 4.99 Å². The fourth-order valence-corrected chi connectivity index (χ4v) is 3.64. The molecule has 2 N–H and O–H groups in total. The van der Waals surface area contributed by atoms with Crippen LogP contribution in [0.2, 0.25) is 0 Å². The second-order valence-electron chi connectivity index (χ2n) is 5.16. The summed E-state index contributed by atoms with van der Waals surface area (Å²) in [5.41, 5.74) is 5.63. The first kappa shape index (κ1) is 11.3. The zero-order valence-corrected chi connectivity index (χ0v) is 10.4. The Balaban J connectivity index is 1.94. The number of nitrogens with zero attached hydrogens (tertiary/aromatic N) is 1. The van der Waals surface area contributed by atoms with Crippen molar-refractivity contribution in [2.24, 2.45) is 11.7 Å². The quantitative estimate of drug-likeness (QED) is 0.749. The van der Waals surface area contributed by atoms with Crippen LogP contribution >= 0.6 is 12.2 Å². The second kappa shape index (κ2) is 4.79. The van der Waals surface area contributed by atoms with Gasteiger partial charge in [-0.1, -0.05) is 25.1 Å². The van der Waals surface area contributed by atoms with Crippen LogP contribution in [0.4, 0.5) is 0 Å². The van der Waals surface area contributed by atoms with Gasteiger partial charge in [0.15, 0.2) is 0 Å². The summed E-state index contributed by atoms with van der Waals surface area (Å²) in [7, 11) is 0. The molecule has 0 aromatic rings. The third-order valence-corrected chi connectivity index (χ3v) is 4.28. The van der Waals surface area contributed by atoms with Gasteiger partial charge in [0.25, 0.3) is 0 Å². The number of likely N-dealkylation sites (tertiary alicyclic amines) is 1. The van der Waals surface area contributed by atoms with Crippen molar-refractivity contribution >= 4 is 17.2 Å². The number of thiocarbonyl (C=S) groups is 1. The van der Waals surface area contributed by atoms with E-state index < -0.39 is 0 Å². The lowest BCUT2D eigenvalue weighted by molar-refractivity contribution is 0.144. The second-order valence-corrected chi connectivity index (χ2v) is 5.68. The summed E-state index contributed by atoms with van der Waals surface area (Å²) < 4.78 is 0. The van der Waals surface area contributed by atoms with Gasteiger partial charge in [-0.3, -0.25) is 4.90 Å². The van der Waals surface area contributed by atoms with Crippen LogP contribution in [-0.2, 0) is 0 Å². The van der Waals surface area contributed by atoms with E-state index in [1.165, 1.54) is 38.6 Å². The molecule has 0 spiro atoms. The van der Waals surface area contributed by atoms with E-state index in [0.29, 0.717) is 11.0 Å². The van der Waals surface area contributed by atoms with Crippen LogP contribution in [-0.4, -0.2) is 28.5 Å². The van der Waals surface area contributed by atoms with Gasteiger partial charge in [0.1, 0.15) is 0 Å². The molecule has 2 rings (SSSR count). The maximum Gasteiger partial charge on any atom is 0.0742 e. The number of nitrogens with two attached hydrogens (primary N) is 1. The predicted octanol–water partition coefficient (Wildman–Crippen LogP) is 2.32. The monoisotopic (exact) mass is 226 g/mol. The molecule has 3 unspecified atom stereocenters. The Hall–Kier alpha value is -0.150. The highest BCUT2D eigenvalue weighted by atomic mass is 32.1. The van der Waals surface area contributed by atoms with Crippen molar-refractivity contribution in [3.63, 3.8) is 0 Å². The van der Waals surface area contributed by atoms with Crippen molar-refractivity contribution in [1.82, 2.24) is 4.90 Å². The van der Waals surface area contributed by atoms with Gasteiger partial charge in [0.2, 0.25) is 0 Å². The average Bonchev–Trinajstić information content (AvgIpc) is 2.59. The molecular formula is C12H22N2S. The number of hydrogen-bond donors (Lipinski definition) is 1. The molecule has 1 saturated heterocycles. The van der Waals surface area contributed by atoms with E-state index in [0.717, 1.165) is 18.4 Å². The van der Waals surface area contributed by atoms with Gasteiger partial charge < -0.3 is 5.73 Å². The zero-order valence-electron chi connectivity index (χ0n) is 9.61. The van der Waals surface area contributed by atoms with Crippen LogP contribution in [0, 0.1) is 5.92 Å². The van der Waals surface area contributed by atoms with Gasteiger partial charge in [-0.25, -0.2) is 0 Å². The van der Waals surface area contributed by atoms with E-state index in [4.69, 9.17) is 18.0 Å². The molecule has 15 heavy (non-hydrogen) atoms. The molecule has 2 nitrogen and oxygen atoms in total. The minimum Gasteiger partial charge on any atom is -0.393 e. The Morgan fingerprint density at radius 3 is 2.87 bits per heavy atom. The largest absolute Gasteiger partial charge is 0.393 e. The Kier molecular flexibility index (Phi) is 3.62. The molecule has 0 aromatic carbocycles. The Morgan fingerprint density at radius 1 is 1.40 bits per heavy atom. The summed E-state index contributed by atoms with van der Waals surface area (Å²) in [6.07, 6.45) is 7.98. The van der Waals surface area contributed by atoms with Crippen molar-refractivity contribution in [2.75, 3.05) is 6.54 Å². The van der Waals surface area contributed by atoms with Gasteiger partial charge in [-0.05, 0) is 38.6 Å². The van der Waals surface area contributed by atoms with Crippen LogP contribution in [0.1, 0.15) is 45.4 Å². The molecular weight excluding hydrogens is 204 g/mol. The van der Waals surface area contributed by atoms with E-state index in [2.05, 4.69) is 11.8 Å². The lowest BCUT2D eigenvalue weighted by atomic mass is 9.85. The Morgan fingerprint density at radius 2 is 2.13 bits per heavy atom. The van der Waals surface area contributed by atoms with Crippen LogP contribution in [0.5, 0.6) is 0 Å². The first-order valence-electron chi connectivity index (χ1n) is 6.22. The van der Waals surface area contributed by atoms with Crippen molar-refractivity contribution in [1.29, 1.82) is 0 Å². The highest BCUT2D eigenvalue weighted by Crippen LogP contribution is 2.37. The Labute approximate surface area is 98.2 Å². The van der Waals surface area contributed by atoms with E-state index in [1.54, 1.807) is 0 Å². The number of hydrogen-bond acceptors (Lipinski definition) is 2. The maximum absolute atomic E-state index is 5.63. The summed E-state index contributed by atoms with van der Waals surface area (Å²) in [4.78, 5) is 3.32. The summed E-state index contributed by atoms with van der Waals surface area (Å²) in [6.45, 7) is 3.54. The highest BCUT2D eigenvalue weighted by Gasteiger charge is 2.37. The average molecular weight is 226 g/mol. The smallest absolute Gasteiger partial charge is 0.0742 e. The van der Waals surface area contributed by atoms with Gasteiger partial charge in [-0.2, -0.15) is 0 Å². The van der Waals surface area contributed by atoms with Gasteiger partial charge in [-0.15, -0.1) is 0 Å². The van der Waals surface area contributed by atoms with Crippen LogP contribution in [0.3, 0.4) is 0 Å². The minimum absolute atomic E-state index is 0.551. The molecule has 3 heteroatoms. The van der Waals surface area contributed by atoms with Gasteiger partial charge in [0, 0.05) is 18.5 Å². The van der Waals surface area contributed by atoms with E-state index >= 15 is 0 Å². The summed E-state index contributed by atoms with van der Waals surface area (Å²) >= 11 is 5.01. The number of fused-ring (bicyclic) bond motifs is 1. The normalized spacial score (nSPS) is 33.7. The van der Waals surface area contributed by atoms with E-state index in [1.807, 2.05) is 0 Å². The first-order valence-corrected chi connectivity index (χ1v) is 6.63. The van der Waals surface area contributed by atoms with Crippen molar-refractivity contribution in [3.8, 4) is 0 Å². The molecule has 0 bridgehead atoms.